The summed E-state index contributed by atoms with van der Waals surface area (Å²) in [5.41, 5.74) is 0.467. The number of thioether (sulfide) groups is 1. The van der Waals surface area contributed by atoms with Crippen LogP contribution >= 0.6 is 23.4 Å². The number of ether oxygens (including phenoxy) is 1. The van der Waals surface area contributed by atoms with Crippen molar-refractivity contribution < 1.29 is 9.53 Å². The lowest BCUT2D eigenvalue weighted by molar-refractivity contribution is 0.0437. The van der Waals surface area contributed by atoms with Gasteiger partial charge in [-0.15, -0.1) is 0 Å². The van der Waals surface area contributed by atoms with E-state index < -0.39 is 0 Å². The first kappa shape index (κ1) is 15.1. The van der Waals surface area contributed by atoms with Crippen LogP contribution in [0.2, 0.25) is 5.02 Å². The first-order chi connectivity index (χ1) is 10.2. The molecule has 4 nitrogen and oxygen atoms in total. The maximum Gasteiger partial charge on any atom is 0.272 e. The minimum absolute atomic E-state index is 0.00494. The average Bonchev–Trinajstić information content (AvgIpc) is 3.18. The summed E-state index contributed by atoms with van der Waals surface area (Å²) in [4.78, 5) is 18.9. The smallest absolute Gasteiger partial charge is 0.272 e. The predicted octanol–water partition coefficient (Wildman–Crippen LogP) is 2.86. The van der Waals surface area contributed by atoms with E-state index in [1.165, 1.54) is 6.20 Å². The number of amides is 1. The molecule has 0 aromatic carbocycles. The zero-order valence-corrected chi connectivity index (χ0v) is 13.4. The van der Waals surface area contributed by atoms with Gasteiger partial charge < -0.3 is 9.64 Å². The molecule has 1 aromatic rings. The van der Waals surface area contributed by atoms with Gasteiger partial charge in [0.2, 0.25) is 0 Å². The highest BCUT2D eigenvalue weighted by Crippen LogP contribution is 2.25. The third-order valence-corrected chi connectivity index (χ3v) is 5.35. The molecule has 114 valence electrons. The van der Waals surface area contributed by atoms with E-state index in [0.717, 1.165) is 37.4 Å². The molecule has 1 aromatic heterocycles. The molecule has 0 N–H and O–H groups in total. The highest BCUT2D eigenvalue weighted by molar-refractivity contribution is 7.99. The number of nitrogens with zero attached hydrogens (tertiary/aromatic N) is 2. The van der Waals surface area contributed by atoms with E-state index in [4.69, 9.17) is 16.3 Å². The molecule has 0 radical (unpaired) electrons. The summed E-state index contributed by atoms with van der Waals surface area (Å²) in [5.74, 6) is 2.12. The van der Waals surface area contributed by atoms with Crippen molar-refractivity contribution in [2.24, 2.45) is 0 Å². The molecule has 3 rings (SSSR count). The highest BCUT2D eigenvalue weighted by atomic mass is 35.5. The summed E-state index contributed by atoms with van der Waals surface area (Å²) in [5, 5.41) is 0.550. The molecule has 0 aliphatic carbocycles. The fraction of sp³-hybridized carbons (Fsp3) is 0.600. The number of rotatable bonds is 4. The first-order valence-electron chi connectivity index (χ1n) is 7.36. The van der Waals surface area contributed by atoms with E-state index in [9.17, 15) is 4.79 Å². The molecule has 2 aliphatic heterocycles. The third-order valence-electron chi connectivity index (χ3n) is 3.98. The van der Waals surface area contributed by atoms with Gasteiger partial charge in [0, 0.05) is 31.1 Å². The number of carbonyl (C=O) groups is 1. The molecular weight excluding hydrogens is 308 g/mol. The molecule has 0 spiro atoms. The maximum atomic E-state index is 12.8. The summed E-state index contributed by atoms with van der Waals surface area (Å²) in [7, 11) is 0. The van der Waals surface area contributed by atoms with Crippen molar-refractivity contribution in [1.29, 1.82) is 0 Å². The van der Waals surface area contributed by atoms with Crippen LogP contribution in [0.1, 0.15) is 29.8 Å². The van der Waals surface area contributed by atoms with Gasteiger partial charge >= 0.3 is 0 Å². The molecule has 0 saturated carbocycles. The Morgan fingerprint density at radius 1 is 1.48 bits per heavy atom. The fourth-order valence-corrected chi connectivity index (χ4v) is 4.16. The van der Waals surface area contributed by atoms with Crippen molar-refractivity contribution >= 4 is 29.3 Å². The van der Waals surface area contributed by atoms with Crippen LogP contribution in [0.3, 0.4) is 0 Å². The molecule has 2 saturated heterocycles. The van der Waals surface area contributed by atoms with Crippen molar-refractivity contribution in [1.82, 2.24) is 9.88 Å². The lowest BCUT2D eigenvalue weighted by Gasteiger charge is -2.30. The van der Waals surface area contributed by atoms with E-state index in [-0.39, 0.29) is 12.0 Å². The normalized spacial score (nSPS) is 25.2. The van der Waals surface area contributed by atoms with Crippen molar-refractivity contribution in [3.63, 3.8) is 0 Å². The van der Waals surface area contributed by atoms with Gasteiger partial charge in [-0.25, -0.2) is 4.98 Å². The summed E-state index contributed by atoms with van der Waals surface area (Å²) in [6, 6.07) is 3.72. The summed E-state index contributed by atoms with van der Waals surface area (Å²) in [6.45, 7) is 1.49. The number of carbonyl (C=O) groups excluding carboxylic acids is 1. The number of pyridine rings is 1. The van der Waals surface area contributed by atoms with Gasteiger partial charge in [0.15, 0.2) is 0 Å². The largest absolute Gasteiger partial charge is 0.376 e. The summed E-state index contributed by atoms with van der Waals surface area (Å²) in [6.07, 6.45) is 4.88. The molecule has 3 heterocycles. The van der Waals surface area contributed by atoms with E-state index >= 15 is 0 Å². The van der Waals surface area contributed by atoms with E-state index in [2.05, 4.69) is 4.98 Å². The molecule has 2 fully saturated rings. The number of hydrogen-bond donors (Lipinski definition) is 0. The topological polar surface area (TPSA) is 42.4 Å². The van der Waals surface area contributed by atoms with Crippen molar-refractivity contribution in [3.05, 3.63) is 29.0 Å². The van der Waals surface area contributed by atoms with E-state index in [1.54, 1.807) is 12.1 Å². The van der Waals surface area contributed by atoms with Crippen LogP contribution in [-0.2, 0) is 4.74 Å². The second-order valence-corrected chi connectivity index (χ2v) is 7.06. The minimum Gasteiger partial charge on any atom is -0.376 e. The zero-order chi connectivity index (χ0) is 14.7. The fourth-order valence-electron chi connectivity index (χ4n) is 2.82. The Labute approximate surface area is 134 Å². The minimum atomic E-state index is -0.00494. The third kappa shape index (κ3) is 3.71. The van der Waals surface area contributed by atoms with Crippen molar-refractivity contribution in [2.75, 3.05) is 24.7 Å². The van der Waals surface area contributed by atoms with Crippen LogP contribution in [0.4, 0.5) is 0 Å². The number of aromatic nitrogens is 1. The average molecular weight is 327 g/mol. The van der Waals surface area contributed by atoms with E-state index in [1.807, 2.05) is 16.7 Å². The lowest BCUT2D eigenvalue weighted by Crippen LogP contribution is -2.45. The van der Waals surface area contributed by atoms with Crippen molar-refractivity contribution in [3.8, 4) is 0 Å². The van der Waals surface area contributed by atoms with E-state index in [0.29, 0.717) is 23.3 Å². The Hall–Kier alpha value is -0.780. The Morgan fingerprint density at radius 2 is 2.38 bits per heavy atom. The SMILES string of the molecule is O=C(c1ccc(Cl)cn1)N(CC1CCCO1)C1CCSC1. The Balaban J connectivity index is 1.76. The molecule has 6 heteroatoms. The van der Waals surface area contributed by atoms with Gasteiger partial charge in [-0.3, -0.25) is 4.79 Å². The van der Waals surface area contributed by atoms with Gasteiger partial charge in [0.25, 0.3) is 5.91 Å². The van der Waals surface area contributed by atoms with Gasteiger partial charge in [0.1, 0.15) is 5.69 Å². The van der Waals surface area contributed by atoms with Gasteiger partial charge in [-0.1, -0.05) is 11.6 Å². The molecule has 21 heavy (non-hydrogen) atoms. The van der Waals surface area contributed by atoms with Crippen LogP contribution in [0.15, 0.2) is 18.3 Å². The predicted molar refractivity (Wildman–Crippen MR) is 85.0 cm³/mol. The van der Waals surface area contributed by atoms with Crippen LogP contribution in [0, 0.1) is 0 Å². The Morgan fingerprint density at radius 3 is 3.00 bits per heavy atom. The standard InChI is InChI=1S/C15H19ClN2O2S/c16-11-3-4-14(17-8-11)15(19)18(12-5-7-21-10-12)9-13-2-1-6-20-13/h3-4,8,12-13H,1-2,5-7,9-10H2. The second kappa shape index (κ2) is 6.99. The van der Waals surface area contributed by atoms with Crippen LogP contribution in [-0.4, -0.2) is 52.6 Å². The molecule has 2 aliphatic rings. The van der Waals surface area contributed by atoms with Crippen LogP contribution < -0.4 is 0 Å². The molecule has 1 amide bonds. The Kier molecular flexibility index (Phi) is 5.03. The van der Waals surface area contributed by atoms with Crippen molar-refractivity contribution in [2.45, 2.75) is 31.4 Å². The van der Waals surface area contributed by atoms with Crippen LogP contribution in [0.25, 0.3) is 0 Å². The summed E-state index contributed by atoms with van der Waals surface area (Å²) < 4.78 is 5.71. The quantitative estimate of drug-likeness (QED) is 0.853. The number of halogens is 1. The molecule has 0 bridgehead atoms. The first-order valence-corrected chi connectivity index (χ1v) is 8.89. The molecule has 2 atom stereocenters. The molecular formula is C15H19ClN2O2S. The molecule has 2 unspecified atom stereocenters. The maximum absolute atomic E-state index is 12.8. The van der Waals surface area contributed by atoms with Gasteiger partial charge in [0.05, 0.1) is 11.1 Å². The number of hydrogen-bond acceptors (Lipinski definition) is 4. The monoisotopic (exact) mass is 326 g/mol. The van der Waals surface area contributed by atoms with Crippen LogP contribution in [0.5, 0.6) is 0 Å². The lowest BCUT2D eigenvalue weighted by atomic mass is 10.1. The highest BCUT2D eigenvalue weighted by Gasteiger charge is 2.31. The zero-order valence-electron chi connectivity index (χ0n) is 11.8. The van der Waals surface area contributed by atoms with Gasteiger partial charge in [-0.2, -0.15) is 11.8 Å². The van der Waals surface area contributed by atoms with Gasteiger partial charge in [-0.05, 0) is 37.1 Å². The summed E-state index contributed by atoms with van der Waals surface area (Å²) >= 11 is 7.76. The second-order valence-electron chi connectivity index (χ2n) is 5.47. The Bertz CT molecular complexity index is 485.